The first-order valence-corrected chi connectivity index (χ1v) is 4.84. The van der Waals surface area contributed by atoms with E-state index < -0.39 is 5.82 Å². The zero-order valence-corrected chi connectivity index (χ0v) is 9.19. The second kappa shape index (κ2) is 3.08. The summed E-state index contributed by atoms with van der Waals surface area (Å²) in [7, 11) is 0. The molecule has 13 heavy (non-hydrogen) atoms. The number of hydrogen-bond donors (Lipinski definition) is 1. The molecular formula is C7H2BrClFNOS. The van der Waals surface area contributed by atoms with Crippen LogP contribution in [0.4, 0.5) is 4.39 Å². The van der Waals surface area contributed by atoms with Gasteiger partial charge in [0.25, 0.3) is 4.84 Å². The Morgan fingerprint density at radius 1 is 1.62 bits per heavy atom. The maximum atomic E-state index is 13.2. The standard InChI is InChI=1S/C7H2BrClFNOS/c8-4-5(10)2(9)1-3-6(4)12-7(13)11-3/h1H,(H,11,13). The molecule has 1 N–H and O–H groups in total. The molecule has 68 valence electrons. The van der Waals surface area contributed by atoms with Crippen molar-refractivity contribution in [1.82, 2.24) is 4.98 Å². The van der Waals surface area contributed by atoms with Gasteiger partial charge in [-0.2, -0.15) is 0 Å². The lowest BCUT2D eigenvalue weighted by Gasteiger charge is -1.96. The first kappa shape index (κ1) is 9.18. The molecule has 1 aromatic heterocycles. The third-order valence-electron chi connectivity index (χ3n) is 1.55. The van der Waals surface area contributed by atoms with E-state index >= 15 is 0 Å². The van der Waals surface area contributed by atoms with Crippen LogP contribution in [0.2, 0.25) is 5.02 Å². The lowest BCUT2D eigenvalue weighted by atomic mass is 10.3. The Hall–Kier alpha value is -0.390. The van der Waals surface area contributed by atoms with E-state index in [0.29, 0.717) is 11.1 Å². The minimum atomic E-state index is -0.549. The summed E-state index contributed by atoms with van der Waals surface area (Å²) in [5.74, 6) is -0.549. The Labute approximate surface area is 90.8 Å². The number of H-pyrrole nitrogens is 1. The van der Waals surface area contributed by atoms with Gasteiger partial charge < -0.3 is 9.40 Å². The van der Waals surface area contributed by atoms with E-state index in [-0.39, 0.29) is 14.3 Å². The summed E-state index contributed by atoms with van der Waals surface area (Å²) in [6, 6.07) is 1.43. The first-order valence-electron chi connectivity index (χ1n) is 3.26. The summed E-state index contributed by atoms with van der Waals surface area (Å²) in [5, 5.41) is 0.0198. The van der Waals surface area contributed by atoms with Crippen molar-refractivity contribution in [2.75, 3.05) is 0 Å². The average molecular weight is 283 g/mol. The van der Waals surface area contributed by atoms with Crippen LogP contribution in [0.15, 0.2) is 15.0 Å². The first-order chi connectivity index (χ1) is 6.09. The molecular weight excluding hydrogens is 281 g/mol. The molecule has 0 saturated heterocycles. The maximum absolute atomic E-state index is 13.2. The molecule has 0 aliphatic rings. The van der Waals surface area contributed by atoms with Gasteiger partial charge in [0.1, 0.15) is 0 Å². The predicted molar refractivity (Wildman–Crippen MR) is 54.1 cm³/mol. The lowest BCUT2D eigenvalue weighted by molar-refractivity contribution is 0.571. The molecule has 0 spiro atoms. The molecule has 0 amide bonds. The van der Waals surface area contributed by atoms with Gasteiger partial charge in [-0.1, -0.05) is 11.6 Å². The van der Waals surface area contributed by atoms with Crippen LogP contribution in [0.5, 0.6) is 0 Å². The number of oxazole rings is 1. The SMILES string of the molecule is Fc1c(Cl)cc2[nH]c(=S)oc2c1Br. The van der Waals surface area contributed by atoms with Gasteiger partial charge in [-0.05, 0) is 34.2 Å². The van der Waals surface area contributed by atoms with Crippen LogP contribution in [0.3, 0.4) is 0 Å². The summed E-state index contributed by atoms with van der Waals surface area (Å²) in [4.78, 5) is 2.93. The minimum absolute atomic E-state index is 0.0198. The molecule has 1 heterocycles. The maximum Gasteiger partial charge on any atom is 0.266 e. The minimum Gasteiger partial charge on any atom is -0.428 e. The Bertz CT molecular complexity index is 535. The number of aromatic amines is 1. The third kappa shape index (κ3) is 1.41. The van der Waals surface area contributed by atoms with Crippen LogP contribution >= 0.6 is 39.7 Å². The highest BCUT2D eigenvalue weighted by Gasteiger charge is 2.12. The monoisotopic (exact) mass is 281 g/mol. The molecule has 2 rings (SSSR count). The molecule has 2 aromatic rings. The van der Waals surface area contributed by atoms with Crippen molar-refractivity contribution in [2.24, 2.45) is 0 Å². The number of rotatable bonds is 0. The van der Waals surface area contributed by atoms with Gasteiger partial charge in [0.2, 0.25) is 0 Å². The van der Waals surface area contributed by atoms with Gasteiger partial charge in [-0.3, -0.25) is 0 Å². The van der Waals surface area contributed by atoms with Gasteiger partial charge in [-0.15, -0.1) is 0 Å². The van der Waals surface area contributed by atoms with Crippen molar-refractivity contribution >= 4 is 50.8 Å². The highest BCUT2D eigenvalue weighted by Crippen LogP contribution is 2.31. The molecule has 2 nitrogen and oxygen atoms in total. The van der Waals surface area contributed by atoms with E-state index in [2.05, 4.69) is 20.9 Å². The van der Waals surface area contributed by atoms with Gasteiger partial charge in [0.15, 0.2) is 11.4 Å². The van der Waals surface area contributed by atoms with Crippen LogP contribution in [0.25, 0.3) is 11.1 Å². The van der Waals surface area contributed by atoms with E-state index in [1.54, 1.807) is 0 Å². The Balaban J connectivity index is 3.00. The largest absolute Gasteiger partial charge is 0.428 e. The van der Waals surface area contributed by atoms with E-state index in [9.17, 15) is 4.39 Å². The normalized spacial score (nSPS) is 11.0. The van der Waals surface area contributed by atoms with Crippen LogP contribution in [0, 0.1) is 10.7 Å². The van der Waals surface area contributed by atoms with Crippen LogP contribution in [0.1, 0.15) is 0 Å². The number of benzene rings is 1. The predicted octanol–water partition coefficient (Wildman–Crippen LogP) is 4.05. The molecule has 0 bridgehead atoms. The van der Waals surface area contributed by atoms with Gasteiger partial charge in [0, 0.05) is 0 Å². The molecule has 0 saturated carbocycles. The zero-order valence-electron chi connectivity index (χ0n) is 6.03. The van der Waals surface area contributed by atoms with Crippen molar-refractivity contribution < 1.29 is 8.81 Å². The molecule has 0 atom stereocenters. The van der Waals surface area contributed by atoms with Gasteiger partial charge in [0.05, 0.1) is 15.0 Å². The third-order valence-corrected chi connectivity index (χ3v) is 2.72. The highest BCUT2D eigenvalue weighted by atomic mass is 79.9. The van der Waals surface area contributed by atoms with E-state index in [1.165, 1.54) is 6.07 Å². The molecule has 6 heteroatoms. The number of hydrogen-bond acceptors (Lipinski definition) is 2. The van der Waals surface area contributed by atoms with Gasteiger partial charge >= 0.3 is 0 Å². The number of aromatic nitrogens is 1. The number of halogens is 3. The molecule has 0 radical (unpaired) electrons. The smallest absolute Gasteiger partial charge is 0.266 e. The van der Waals surface area contributed by atoms with Crippen LogP contribution in [-0.2, 0) is 0 Å². The molecule has 0 unspecified atom stereocenters. The lowest BCUT2D eigenvalue weighted by Crippen LogP contribution is -1.80. The Morgan fingerprint density at radius 3 is 3.00 bits per heavy atom. The van der Waals surface area contributed by atoms with E-state index in [4.69, 9.17) is 28.2 Å². The van der Waals surface area contributed by atoms with E-state index in [0.717, 1.165) is 0 Å². The molecule has 1 aromatic carbocycles. The van der Waals surface area contributed by atoms with Crippen LogP contribution < -0.4 is 0 Å². The molecule has 0 aliphatic heterocycles. The Morgan fingerprint density at radius 2 is 2.31 bits per heavy atom. The summed E-state index contributed by atoms with van der Waals surface area (Å²) < 4.78 is 18.4. The van der Waals surface area contributed by atoms with Crippen molar-refractivity contribution in [1.29, 1.82) is 0 Å². The summed E-state index contributed by atoms with van der Waals surface area (Å²) >= 11 is 13.4. The zero-order chi connectivity index (χ0) is 9.59. The van der Waals surface area contributed by atoms with Gasteiger partial charge in [-0.25, -0.2) is 4.39 Å². The molecule has 0 fully saturated rings. The molecule has 0 aliphatic carbocycles. The Kier molecular flexibility index (Phi) is 2.17. The fraction of sp³-hybridized carbons (Fsp3) is 0. The van der Waals surface area contributed by atoms with Crippen LogP contribution in [-0.4, -0.2) is 4.98 Å². The fourth-order valence-electron chi connectivity index (χ4n) is 0.999. The average Bonchev–Trinajstić information content (AvgIpc) is 2.42. The van der Waals surface area contributed by atoms with Crippen molar-refractivity contribution in [3.8, 4) is 0 Å². The second-order valence-electron chi connectivity index (χ2n) is 2.38. The fourth-order valence-corrected chi connectivity index (χ4v) is 2.02. The second-order valence-corrected chi connectivity index (χ2v) is 3.95. The van der Waals surface area contributed by atoms with Crippen molar-refractivity contribution in [3.63, 3.8) is 0 Å². The highest BCUT2D eigenvalue weighted by molar-refractivity contribution is 9.10. The van der Waals surface area contributed by atoms with Crippen molar-refractivity contribution in [2.45, 2.75) is 0 Å². The summed E-state index contributed by atoms with van der Waals surface area (Å²) in [6.07, 6.45) is 0. The summed E-state index contributed by atoms with van der Waals surface area (Å²) in [6.45, 7) is 0. The topological polar surface area (TPSA) is 28.9 Å². The van der Waals surface area contributed by atoms with E-state index in [1.807, 2.05) is 0 Å². The summed E-state index contributed by atoms with van der Waals surface area (Å²) in [5.41, 5.74) is 0.912. The van der Waals surface area contributed by atoms with Crippen molar-refractivity contribution in [3.05, 3.63) is 26.2 Å². The number of fused-ring (bicyclic) bond motifs is 1. The number of nitrogens with one attached hydrogen (secondary N) is 1. The quantitative estimate of drug-likeness (QED) is 0.583.